The zero-order valence-corrected chi connectivity index (χ0v) is 43.1. The largest absolute Gasteiger partial charge is 0.430 e. The maximum absolute atomic E-state index is 14.1. The fourth-order valence-corrected chi connectivity index (χ4v) is 5.11. The molecular weight excluding hydrogens is 1440 g/mol. The van der Waals surface area contributed by atoms with Crippen LogP contribution in [-0.2, 0) is 47.4 Å². The molecule has 92 heavy (non-hydrogen) atoms. The van der Waals surface area contributed by atoms with Crippen molar-refractivity contribution < 1.29 is 249 Å². The third-order valence-corrected chi connectivity index (χ3v) is 10.0. The average molecular weight is 1480 g/mol. The molecule has 0 bridgehead atoms. The van der Waals surface area contributed by atoms with Crippen molar-refractivity contribution in [3.63, 3.8) is 0 Å². The summed E-state index contributed by atoms with van der Waals surface area (Å²) in [6.45, 7) is -27.5. The standard InChI is InChI=1S/C37H36F40O15/c38-18(39,11-85-7-15(80)5-83-3-1-78)22(46,47)30(62,63)89-34(70,71)26(54,55)28(58,59)36(74,75)91-32(66,67)24(50,51)20(42,43)13-87-9-17(82)10-88-14-21(44,45)25(52,53)33(68,69)92-37(76,77)29(60,61)27(56,57)35(72,73)90-31(64,65)23(48,49)19(40,41)12-86-8-16(81)6-84-4-2-79/h15-17,78-82H,1-14H2. The second kappa shape index (κ2) is 29.4. The maximum Gasteiger partial charge on any atom is 0.430 e. The maximum atomic E-state index is 14.1. The molecule has 0 heterocycles. The summed E-state index contributed by atoms with van der Waals surface area (Å²) in [7, 11) is 0. The van der Waals surface area contributed by atoms with Crippen molar-refractivity contribution in [2.24, 2.45) is 0 Å². The van der Waals surface area contributed by atoms with Crippen molar-refractivity contribution in [3.8, 4) is 0 Å². The van der Waals surface area contributed by atoms with Gasteiger partial charge in [-0.25, -0.2) is 18.9 Å². The van der Waals surface area contributed by atoms with Crippen molar-refractivity contribution >= 4 is 0 Å². The van der Waals surface area contributed by atoms with E-state index in [2.05, 4.69) is 28.4 Å². The molecule has 0 aromatic heterocycles. The number of hydrogen-bond donors (Lipinski definition) is 5. The second-order valence-electron chi connectivity index (χ2n) is 17.6. The zero-order valence-electron chi connectivity index (χ0n) is 43.1. The lowest BCUT2D eigenvalue weighted by atomic mass is 10.1. The lowest BCUT2D eigenvalue weighted by Gasteiger charge is -2.40. The molecule has 0 rings (SSSR count). The molecule has 0 spiro atoms. The first-order valence-corrected chi connectivity index (χ1v) is 22.4. The molecule has 0 aliphatic rings. The highest BCUT2D eigenvalue weighted by Crippen LogP contribution is 2.62. The van der Waals surface area contributed by atoms with Crippen LogP contribution in [0.3, 0.4) is 0 Å². The summed E-state index contributed by atoms with van der Waals surface area (Å²) >= 11 is 0. The van der Waals surface area contributed by atoms with Gasteiger partial charge >= 0.3 is 120 Å². The molecule has 0 aromatic carbocycles. The van der Waals surface area contributed by atoms with Gasteiger partial charge in [0, 0.05) is 0 Å². The summed E-state index contributed by atoms with van der Waals surface area (Å²) in [6.07, 6.45) is -75.4. The Morgan fingerprint density at radius 1 is 0.207 bits per heavy atom. The van der Waals surface area contributed by atoms with Crippen molar-refractivity contribution in [2.75, 3.05) is 92.5 Å². The Bertz CT molecular complexity index is 2120. The molecule has 5 N–H and O–H groups in total. The predicted octanol–water partition coefficient (Wildman–Crippen LogP) is 9.59. The summed E-state index contributed by atoms with van der Waals surface area (Å²) in [5.41, 5.74) is 0. The van der Waals surface area contributed by atoms with Crippen molar-refractivity contribution in [2.45, 2.75) is 138 Å². The van der Waals surface area contributed by atoms with Crippen LogP contribution in [0.2, 0.25) is 0 Å². The minimum atomic E-state index is -9.00. The summed E-state index contributed by atoms with van der Waals surface area (Å²) in [5.74, 6) is -95.9. The molecule has 0 saturated carbocycles. The van der Waals surface area contributed by atoms with E-state index in [4.69, 9.17) is 10.2 Å². The molecule has 2 unspecified atom stereocenters. The van der Waals surface area contributed by atoms with E-state index in [0.717, 1.165) is 0 Å². The number of rotatable bonds is 46. The van der Waals surface area contributed by atoms with E-state index >= 15 is 0 Å². The van der Waals surface area contributed by atoms with E-state index in [1.165, 1.54) is 18.9 Å². The molecule has 2 atom stereocenters. The molecule has 0 aliphatic carbocycles. The molecular formula is C37H36F40O15. The quantitative estimate of drug-likeness (QED) is 0.0286. The summed E-state index contributed by atoms with van der Waals surface area (Å²) in [4.78, 5) is 0. The lowest BCUT2D eigenvalue weighted by Crippen LogP contribution is -2.69. The molecule has 0 saturated heterocycles. The van der Waals surface area contributed by atoms with Crippen LogP contribution in [0.1, 0.15) is 0 Å². The minimum Gasteiger partial charge on any atom is -0.394 e. The van der Waals surface area contributed by atoms with Gasteiger partial charge in [-0.15, -0.1) is 0 Å². The van der Waals surface area contributed by atoms with E-state index in [9.17, 15) is 191 Å². The van der Waals surface area contributed by atoms with Crippen molar-refractivity contribution in [3.05, 3.63) is 0 Å². The molecule has 15 nitrogen and oxygen atoms in total. The van der Waals surface area contributed by atoms with Gasteiger partial charge in [-0.2, -0.15) is 176 Å². The van der Waals surface area contributed by atoms with Gasteiger partial charge in [0.15, 0.2) is 0 Å². The second-order valence-corrected chi connectivity index (χ2v) is 17.6. The number of alkyl halides is 40. The SMILES string of the molecule is OCCOCC(O)COCC(F)(F)C(F)(F)C(F)(F)OC(F)(F)C(F)(F)C(F)(F)C(F)(F)OC(F)(F)C(F)(F)C(F)(F)COCC(O)COCC(F)(F)C(F)(F)C(F)(F)OC(F)(F)C(F)(F)C(F)(F)C(F)(F)OC(F)(F)C(F)(F)C(F)(F)COCC(O)COCCO. The lowest BCUT2D eigenvalue weighted by molar-refractivity contribution is -0.540. The number of aliphatic hydroxyl groups excluding tert-OH is 5. The molecule has 554 valence electrons. The Labute approximate surface area is 480 Å². The highest BCUT2D eigenvalue weighted by Gasteiger charge is 2.90. The van der Waals surface area contributed by atoms with Crippen molar-refractivity contribution in [1.82, 2.24) is 0 Å². The number of aliphatic hydroxyl groups is 5. The Morgan fingerprint density at radius 3 is 0.478 bits per heavy atom. The van der Waals surface area contributed by atoms with Gasteiger partial charge < -0.3 is 54.0 Å². The van der Waals surface area contributed by atoms with Gasteiger partial charge in [-0.05, 0) is 0 Å². The van der Waals surface area contributed by atoms with Crippen LogP contribution in [0.5, 0.6) is 0 Å². The van der Waals surface area contributed by atoms with Crippen molar-refractivity contribution in [1.29, 1.82) is 0 Å². The first-order valence-electron chi connectivity index (χ1n) is 22.4. The molecule has 0 fully saturated rings. The predicted molar refractivity (Wildman–Crippen MR) is 200 cm³/mol. The van der Waals surface area contributed by atoms with Crippen LogP contribution in [0.15, 0.2) is 0 Å². The fourth-order valence-electron chi connectivity index (χ4n) is 5.11. The van der Waals surface area contributed by atoms with Crippen LogP contribution < -0.4 is 0 Å². The molecule has 0 aliphatic heterocycles. The molecule has 0 aromatic rings. The normalized spacial score (nSPS) is 16.8. The van der Waals surface area contributed by atoms with Crippen LogP contribution in [0.4, 0.5) is 176 Å². The number of hydrogen-bond acceptors (Lipinski definition) is 15. The fraction of sp³-hybridized carbons (Fsp3) is 1.00. The van der Waals surface area contributed by atoms with Gasteiger partial charge in [-0.1, -0.05) is 0 Å². The van der Waals surface area contributed by atoms with Gasteiger partial charge in [0.2, 0.25) is 0 Å². The van der Waals surface area contributed by atoms with Gasteiger partial charge in [0.05, 0.1) is 66.1 Å². The highest BCUT2D eigenvalue weighted by molar-refractivity contribution is 5.04. The zero-order chi connectivity index (χ0) is 73.7. The topological polar surface area (TPSA) is 193 Å². The minimum absolute atomic E-state index is 0.634. The van der Waals surface area contributed by atoms with E-state index in [-0.39, 0.29) is 0 Å². The van der Waals surface area contributed by atoms with E-state index < -0.39 is 231 Å². The van der Waals surface area contributed by atoms with Crippen LogP contribution in [0, 0.1) is 0 Å². The molecule has 0 radical (unpaired) electrons. The first-order chi connectivity index (χ1) is 40.3. The highest BCUT2D eigenvalue weighted by atomic mass is 19.4. The van der Waals surface area contributed by atoms with Gasteiger partial charge in [0.25, 0.3) is 0 Å². The third kappa shape index (κ3) is 18.6. The Hall–Kier alpha value is -3.40. The van der Waals surface area contributed by atoms with Crippen LogP contribution >= 0.6 is 0 Å². The van der Waals surface area contributed by atoms with Gasteiger partial charge in [-0.3, -0.25) is 0 Å². The Kier molecular flexibility index (Phi) is 28.3. The van der Waals surface area contributed by atoms with E-state index in [0.29, 0.717) is 0 Å². The Balaban J connectivity index is 6.20. The summed E-state index contributed by atoms with van der Waals surface area (Å²) in [5, 5.41) is 44.8. The Morgan fingerprint density at radius 2 is 0.337 bits per heavy atom. The van der Waals surface area contributed by atoms with E-state index in [1.54, 1.807) is 0 Å². The van der Waals surface area contributed by atoms with Crippen LogP contribution in [0.25, 0.3) is 0 Å². The van der Waals surface area contributed by atoms with Gasteiger partial charge in [0.1, 0.15) is 44.7 Å². The summed E-state index contributed by atoms with van der Waals surface area (Å²) in [6, 6.07) is 0. The monoisotopic (exact) mass is 1480 g/mol. The third-order valence-electron chi connectivity index (χ3n) is 10.0. The molecule has 0 amide bonds. The smallest absolute Gasteiger partial charge is 0.394 e. The first kappa shape index (κ1) is 88.6. The molecule has 55 heteroatoms. The van der Waals surface area contributed by atoms with E-state index in [1.807, 2.05) is 0 Å². The number of ether oxygens (including phenoxy) is 10. The summed E-state index contributed by atoms with van der Waals surface area (Å²) < 4.78 is 589. The number of halogens is 40. The van der Waals surface area contributed by atoms with Crippen LogP contribution in [-0.4, -0.2) is 256 Å². The average Bonchev–Trinajstić information content (AvgIpc) is 0.726.